The minimum Gasteiger partial charge on any atom is -0.493 e. The maximum Gasteiger partial charge on any atom is 0.281 e. The lowest BCUT2D eigenvalue weighted by Crippen LogP contribution is -2.22. The summed E-state index contributed by atoms with van der Waals surface area (Å²) in [6.07, 6.45) is 1.74. The molecule has 2 aromatic heterocycles. The zero-order valence-electron chi connectivity index (χ0n) is 16.2. The minimum absolute atomic E-state index is 0.0179. The Morgan fingerprint density at radius 2 is 1.57 bits per heavy atom. The first kappa shape index (κ1) is 17.9. The Labute approximate surface area is 173 Å². The van der Waals surface area contributed by atoms with E-state index in [4.69, 9.17) is 0 Å². The molecule has 0 radical (unpaired) electrons. The number of rotatable bonds is 3. The van der Waals surface area contributed by atoms with Gasteiger partial charge in [-0.3, -0.25) is 9.20 Å². The Bertz CT molecular complexity index is 1320. The summed E-state index contributed by atoms with van der Waals surface area (Å²) in [4.78, 5) is 18.1. The highest BCUT2D eigenvalue weighted by Crippen LogP contribution is 2.36. The molecule has 1 aliphatic rings. The molecule has 2 aromatic carbocycles. The number of para-hydroxylation sites is 1. The predicted octanol–water partition coefficient (Wildman–Crippen LogP) is 4.26. The molecule has 4 aromatic rings. The lowest BCUT2D eigenvalue weighted by molar-refractivity contribution is -0.114. The average molecular weight is 394 g/mol. The van der Waals surface area contributed by atoms with Crippen LogP contribution in [0.3, 0.4) is 0 Å². The van der Waals surface area contributed by atoms with Crippen molar-refractivity contribution in [3.63, 3.8) is 0 Å². The van der Waals surface area contributed by atoms with Gasteiger partial charge in [0.05, 0.1) is 17.0 Å². The third-order valence-corrected chi connectivity index (χ3v) is 5.07. The monoisotopic (exact) mass is 394 g/mol. The van der Waals surface area contributed by atoms with Crippen LogP contribution in [-0.4, -0.2) is 26.1 Å². The van der Waals surface area contributed by atoms with E-state index >= 15 is 0 Å². The second-order valence-electron chi connectivity index (χ2n) is 6.97. The number of pyridine rings is 1. The predicted molar refractivity (Wildman–Crippen MR) is 116 cm³/mol. The number of anilines is 1. The maximum atomic E-state index is 13.5. The van der Waals surface area contributed by atoms with E-state index in [-0.39, 0.29) is 11.8 Å². The molecule has 1 N–H and O–H groups in total. The van der Waals surface area contributed by atoms with Crippen LogP contribution in [-0.2, 0) is 4.79 Å². The highest BCUT2D eigenvalue weighted by Gasteiger charge is 2.34. The fraction of sp³-hybridized carbons (Fsp3) is 0.0417. The fourth-order valence-corrected chi connectivity index (χ4v) is 3.69. The number of hydrogen-bond acceptors (Lipinski definition) is 4. The third-order valence-electron chi connectivity index (χ3n) is 5.07. The molecule has 0 spiro atoms. The van der Waals surface area contributed by atoms with Crippen molar-refractivity contribution < 1.29 is 9.90 Å². The van der Waals surface area contributed by atoms with E-state index in [1.165, 1.54) is 5.01 Å². The van der Waals surface area contributed by atoms with E-state index in [1.807, 2.05) is 78.9 Å². The van der Waals surface area contributed by atoms with Gasteiger partial charge in [0.25, 0.3) is 5.91 Å². The summed E-state index contributed by atoms with van der Waals surface area (Å²) in [6, 6.07) is 24.3. The van der Waals surface area contributed by atoms with Gasteiger partial charge >= 0.3 is 0 Å². The topological polar surface area (TPSA) is 70.2 Å². The number of fused-ring (bicyclic) bond motifs is 1. The highest BCUT2D eigenvalue weighted by atomic mass is 16.3. The van der Waals surface area contributed by atoms with Gasteiger partial charge in [-0.25, -0.2) is 4.98 Å². The van der Waals surface area contributed by atoms with Crippen LogP contribution in [0, 0.1) is 0 Å². The van der Waals surface area contributed by atoms with Crippen molar-refractivity contribution in [1.29, 1.82) is 0 Å². The smallest absolute Gasteiger partial charge is 0.281 e. The molecule has 30 heavy (non-hydrogen) atoms. The largest absolute Gasteiger partial charge is 0.493 e. The Morgan fingerprint density at radius 3 is 2.27 bits per heavy atom. The Morgan fingerprint density at radius 1 is 0.900 bits per heavy atom. The zero-order chi connectivity index (χ0) is 20.7. The van der Waals surface area contributed by atoms with Gasteiger partial charge in [0, 0.05) is 11.8 Å². The van der Waals surface area contributed by atoms with Gasteiger partial charge in [-0.05, 0) is 36.8 Å². The SMILES string of the molecule is CC1=NN(c2ccccc2)C(=O)C1=C(c1ccccc1)c1nc2ccccn2c1O. The van der Waals surface area contributed by atoms with Crippen LogP contribution >= 0.6 is 0 Å². The first-order chi connectivity index (χ1) is 14.6. The fourth-order valence-electron chi connectivity index (χ4n) is 3.69. The summed E-state index contributed by atoms with van der Waals surface area (Å²) in [7, 11) is 0. The van der Waals surface area contributed by atoms with Gasteiger partial charge in [0.1, 0.15) is 11.3 Å². The summed E-state index contributed by atoms with van der Waals surface area (Å²) >= 11 is 0. The summed E-state index contributed by atoms with van der Waals surface area (Å²) in [5.74, 6) is -0.273. The normalized spacial score (nSPS) is 15.6. The molecule has 3 heterocycles. The molecule has 1 amide bonds. The molecule has 0 bridgehead atoms. The van der Waals surface area contributed by atoms with Crippen LogP contribution in [0.1, 0.15) is 18.2 Å². The minimum atomic E-state index is -0.256. The molecule has 0 fully saturated rings. The second kappa shape index (κ2) is 7.00. The van der Waals surface area contributed by atoms with Crippen LogP contribution in [0.25, 0.3) is 11.2 Å². The van der Waals surface area contributed by atoms with Crippen molar-refractivity contribution in [2.75, 3.05) is 5.01 Å². The standard InChI is InChI=1S/C24H18N4O2/c1-16-20(23(29)28(26-16)18-12-6-3-7-13-18)21(17-10-4-2-5-11-17)22-24(30)27-15-9-8-14-19(27)25-22/h2-15,30H,1H3. The summed E-state index contributed by atoms with van der Waals surface area (Å²) < 4.78 is 1.60. The quantitative estimate of drug-likeness (QED) is 0.528. The highest BCUT2D eigenvalue weighted by molar-refractivity contribution is 6.34. The number of aromatic nitrogens is 2. The molecule has 146 valence electrons. The van der Waals surface area contributed by atoms with E-state index in [0.29, 0.717) is 33.9 Å². The van der Waals surface area contributed by atoms with E-state index in [2.05, 4.69) is 10.1 Å². The van der Waals surface area contributed by atoms with Crippen molar-refractivity contribution in [3.8, 4) is 5.88 Å². The number of imidazole rings is 1. The number of amides is 1. The maximum absolute atomic E-state index is 13.5. The second-order valence-corrected chi connectivity index (χ2v) is 6.97. The number of benzene rings is 2. The van der Waals surface area contributed by atoms with Crippen LogP contribution in [0.4, 0.5) is 5.69 Å². The van der Waals surface area contributed by atoms with Crippen LogP contribution in [0.5, 0.6) is 5.88 Å². The van der Waals surface area contributed by atoms with Crippen molar-refractivity contribution in [2.24, 2.45) is 5.10 Å². The van der Waals surface area contributed by atoms with E-state index in [0.717, 1.165) is 5.56 Å². The summed E-state index contributed by atoms with van der Waals surface area (Å²) in [5.41, 5.74) is 3.95. The molecule has 6 nitrogen and oxygen atoms in total. The average Bonchev–Trinajstić information content (AvgIpc) is 3.27. The number of hydrogen-bond donors (Lipinski definition) is 1. The van der Waals surface area contributed by atoms with E-state index < -0.39 is 0 Å². The van der Waals surface area contributed by atoms with Gasteiger partial charge < -0.3 is 5.11 Å². The lowest BCUT2D eigenvalue weighted by Gasteiger charge is -2.13. The van der Waals surface area contributed by atoms with E-state index in [9.17, 15) is 9.90 Å². The van der Waals surface area contributed by atoms with Gasteiger partial charge in [-0.15, -0.1) is 0 Å². The molecule has 0 atom stereocenters. The van der Waals surface area contributed by atoms with Crippen molar-refractivity contribution in [1.82, 2.24) is 9.38 Å². The van der Waals surface area contributed by atoms with E-state index in [1.54, 1.807) is 17.5 Å². The Kier molecular flexibility index (Phi) is 4.17. The first-order valence-electron chi connectivity index (χ1n) is 9.56. The number of hydrazone groups is 1. The first-order valence-corrected chi connectivity index (χ1v) is 9.56. The molecular formula is C24H18N4O2. The molecule has 1 aliphatic heterocycles. The summed E-state index contributed by atoms with van der Waals surface area (Å²) in [6.45, 7) is 1.80. The van der Waals surface area contributed by atoms with Crippen LogP contribution < -0.4 is 5.01 Å². The lowest BCUT2D eigenvalue weighted by atomic mass is 9.94. The van der Waals surface area contributed by atoms with Crippen molar-refractivity contribution in [3.05, 3.63) is 102 Å². The molecule has 5 rings (SSSR count). The van der Waals surface area contributed by atoms with Crippen LogP contribution in [0.2, 0.25) is 0 Å². The third kappa shape index (κ3) is 2.78. The number of carbonyl (C=O) groups excluding carboxylic acids is 1. The van der Waals surface area contributed by atoms with Gasteiger partial charge in [0.15, 0.2) is 0 Å². The van der Waals surface area contributed by atoms with Crippen molar-refractivity contribution in [2.45, 2.75) is 6.92 Å². The molecule has 0 saturated heterocycles. The number of aromatic hydroxyl groups is 1. The molecule has 0 unspecified atom stereocenters. The molecule has 6 heteroatoms. The zero-order valence-corrected chi connectivity index (χ0v) is 16.2. The molecule has 0 saturated carbocycles. The number of carbonyl (C=O) groups is 1. The van der Waals surface area contributed by atoms with Gasteiger partial charge in [0.2, 0.25) is 5.88 Å². The van der Waals surface area contributed by atoms with Gasteiger partial charge in [-0.1, -0.05) is 54.6 Å². The molecular weight excluding hydrogens is 376 g/mol. The molecule has 0 aliphatic carbocycles. The van der Waals surface area contributed by atoms with Crippen LogP contribution in [0.15, 0.2) is 95.7 Å². The Hall–Kier alpha value is -4.19. The van der Waals surface area contributed by atoms with Crippen molar-refractivity contribution >= 4 is 28.5 Å². The summed E-state index contributed by atoms with van der Waals surface area (Å²) in [5, 5.41) is 16.8. The number of nitrogens with zero attached hydrogens (tertiary/aromatic N) is 4. The Balaban J connectivity index is 1.77. The van der Waals surface area contributed by atoms with Gasteiger partial charge in [-0.2, -0.15) is 10.1 Å².